The first-order valence-electron chi connectivity index (χ1n) is 6.15. The van der Waals surface area contributed by atoms with Crippen LogP contribution in [0.1, 0.15) is 33.6 Å². The fourth-order valence-electron chi connectivity index (χ4n) is 2.13. The number of ether oxygens (including phenoxy) is 2. The van der Waals surface area contributed by atoms with Crippen molar-refractivity contribution >= 4 is 11.9 Å². The van der Waals surface area contributed by atoms with Crippen LogP contribution < -0.4 is 5.32 Å². The molecule has 1 rings (SSSR count). The lowest BCUT2D eigenvalue weighted by atomic mass is 10.0. The number of carboxylic acids is 1. The molecule has 1 amide bonds. The first kappa shape index (κ1) is 14.9. The summed E-state index contributed by atoms with van der Waals surface area (Å²) in [6.45, 7) is 5.20. The number of aliphatic carboxylic acids is 1. The zero-order valence-electron chi connectivity index (χ0n) is 11.0. The van der Waals surface area contributed by atoms with Crippen LogP contribution in [0, 0.1) is 0 Å². The van der Waals surface area contributed by atoms with E-state index in [1.807, 2.05) is 13.8 Å². The van der Waals surface area contributed by atoms with Crippen molar-refractivity contribution in [1.29, 1.82) is 0 Å². The van der Waals surface area contributed by atoms with Gasteiger partial charge in [-0.3, -0.25) is 4.79 Å². The van der Waals surface area contributed by atoms with E-state index in [-0.39, 0.29) is 30.8 Å². The van der Waals surface area contributed by atoms with Gasteiger partial charge in [-0.15, -0.1) is 0 Å². The van der Waals surface area contributed by atoms with Crippen molar-refractivity contribution in [3.63, 3.8) is 0 Å². The van der Waals surface area contributed by atoms with Gasteiger partial charge in [0.2, 0.25) is 5.91 Å². The topological polar surface area (TPSA) is 84.9 Å². The molecular formula is C12H21NO5. The Morgan fingerprint density at radius 2 is 1.94 bits per heavy atom. The quantitative estimate of drug-likeness (QED) is 0.753. The summed E-state index contributed by atoms with van der Waals surface area (Å²) in [4.78, 5) is 21.8. The van der Waals surface area contributed by atoms with Crippen LogP contribution in [0.2, 0.25) is 0 Å². The highest BCUT2D eigenvalue weighted by Crippen LogP contribution is 2.21. The smallest absolute Gasteiger partial charge is 0.328 e. The van der Waals surface area contributed by atoms with E-state index >= 15 is 0 Å². The van der Waals surface area contributed by atoms with Crippen molar-refractivity contribution < 1.29 is 24.2 Å². The van der Waals surface area contributed by atoms with Gasteiger partial charge < -0.3 is 19.9 Å². The van der Waals surface area contributed by atoms with Crippen LogP contribution in [-0.4, -0.2) is 47.9 Å². The molecule has 0 aromatic carbocycles. The Balaban J connectivity index is 2.41. The van der Waals surface area contributed by atoms with Gasteiger partial charge in [0.05, 0.1) is 24.9 Å². The molecule has 1 aliphatic heterocycles. The van der Waals surface area contributed by atoms with Gasteiger partial charge >= 0.3 is 5.97 Å². The maximum atomic E-state index is 10.9. The molecule has 0 radical (unpaired) electrons. The van der Waals surface area contributed by atoms with Crippen LogP contribution in [0.5, 0.6) is 0 Å². The third kappa shape index (κ3) is 5.01. The number of carbonyl (C=O) groups is 2. The third-order valence-corrected chi connectivity index (χ3v) is 2.83. The average molecular weight is 259 g/mol. The number of rotatable bonds is 5. The van der Waals surface area contributed by atoms with Crippen LogP contribution >= 0.6 is 0 Å². The van der Waals surface area contributed by atoms with Crippen LogP contribution in [0.3, 0.4) is 0 Å². The van der Waals surface area contributed by atoms with Gasteiger partial charge in [0.25, 0.3) is 0 Å². The van der Waals surface area contributed by atoms with E-state index in [0.717, 1.165) is 12.8 Å². The van der Waals surface area contributed by atoms with Crippen molar-refractivity contribution in [3.8, 4) is 0 Å². The van der Waals surface area contributed by atoms with E-state index in [1.165, 1.54) is 6.92 Å². The third-order valence-electron chi connectivity index (χ3n) is 2.83. The molecule has 1 fully saturated rings. The second kappa shape index (κ2) is 6.70. The Kier molecular flexibility index (Phi) is 5.55. The predicted octanol–water partition coefficient (Wildman–Crippen LogP) is 0.548. The highest BCUT2D eigenvalue weighted by Gasteiger charge is 2.27. The van der Waals surface area contributed by atoms with E-state index in [1.54, 1.807) is 0 Å². The number of nitrogens with one attached hydrogen (secondary N) is 1. The lowest BCUT2D eigenvalue weighted by molar-refractivity contribution is -0.146. The number of hydrogen-bond donors (Lipinski definition) is 2. The highest BCUT2D eigenvalue weighted by molar-refractivity contribution is 5.82. The lowest BCUT2D eigenvalue weighted by Crippen LogP contribution is -2.45. The fourth-order valence-corrected chi connectivity index (χ4v) is 2.13. The fraction of sp³-hybridized carbons (Fsp3) is 0.833. The summed E-state index contributed by atoms with van der Waals surface area (Å²) in [6, 6.07) is -0.990. The molecule has 0 aliphatic carbocycles. The van der Waals surface area contributed by atoms with Crippen molar-refractivity contribution in [1.82, 2.24) is 5.32 Å². The van der Waals surface area contributed by atoms with E-state index in [0.29, 0.717) is 0 Å². The zero-order valence-corrected chi connectivity index (χ0v) is 11.0. The number of carbonyl (C=O) groups excluding carboxylic acids is 1. The highest BCUT2D eigenvalue weighted by atomic mass is 16.5. The van der Waals surface area contributed by atoms with Gasteiger partial charge in [0.1, 0.15) is 0 Å². The molecular weight excluding hydrogens is 238 g/mol. The largest absolute Gasteiger partial charge is 0.480 e. The molecule has 104 valence electrons. The summed E-state index contributed by atoms with van der Waals surface area (Å²) in [7, 11) is 0. The predicted molar refractivity (Wildman–Crippen MR) is 64.2 cm³/mol. The van der Waals surface area contributed by atoms with Gasteiger partial charge in [-0.25, -0.2) is 4.79 Å². The normalized spacial score (nSPS) is 29.6. The molecule has 0 aromatic rings. The summed E-state index contributed by atoms with van der Waals surface area (Å²) in [5.41, 5.74) is 0. The Labute approximate surface area is 107 Å². The molecule has 18 heavy (non-hydrogen) atoms. The standard InChI is InChI=1S/C12H21NO5/c1-7-4-10(5-8(2)18-7)17-6-11(12(15)16)13-9(3)14/h7-8,10-11H,4-6H2,1-3H3,(H,13,14)(H,15,16). The Hall–Kier alpha value is -1.14. The molecule has 1 saturated heterocycles. The molecule has 6 nitrogen and oxygen atoms in total. The first-order valence-corrected chi connectivity index (χ1v) is 6.15. The van der Waals surface area contributed by atoms with Crippen molar-refractivity contribution in [2.75, 3.05) is 6.61 Å². The van der Waals surface area contributed by atoms with Gasteiger partial charge in [-0.2, -0.15) is 0 Å². The van der Waals surface area contributed by atoms with E-state index in [9.17, 15) is 9.59 Å². The Morgan fingerprint density at radius 1 is 1.39 bits per heavy atom. The molecule has 2 N–H and O–H groups in total. The van der Waals surface area contributed by atoms with Gasteiger partial charge in [0.15, 0.2) is 6.04 Å². The summed E-state index contributed by atoms with van der Waals surface area (Å²) in [5.74, 6) is -1.46. The van der Waals surface area contributed by atoms with Crippen LogP contribution in [0.15, 0.2) is 0 Å². The minimum absolute atomic E-state index is 0.0145. The first-order chi connectivity index (χ1) is 8.38. The monoisotopic (exact) mass is 259 g/mol. The van der Waals surface area contributed by atoms with Gasteiger partial charge in [-0.05, 0) is 26.7 Å². The summed E-state index contributed by atoms with van der Waals surface area (Å²) in [5, 5.41) is 11.3. The average Bonchev–Trinajstić information content (AvgIpc) is 2.21. The molecule has 3 unspecified atom stereocenters. The van der Waals surface area contributed by atoms with Gasteiger partial charge in [-0.1, -0.05) is 0 Å². The SMILES string of the molecule is CC(=O)NC(COC1CC(C)OC(C)C1)C(=O)O. The van der Waals surface area contributed by atoms with E-state index in [2.05, 4.69) is 5.32 Å². The Bertz CT molecular complexity index is 297. The molecule has 1 heterocycles. The molecule has 0 aromatic heterocycles. The van der Waals surface area contributed by atoms with Crippen molar-refractivity contribution in [2.24, 2.45) is 0 Å². The van der Waals surface area contributed by atoms with E-state index < -0.39 is 12.0 Å². The number of carboxylic acid groups (broad SMARTS) is 1. The van der Waals surface area contributed by atoms with Crippen LogP contribution in [0.25, 0.3) is 0 Å². The second-order valence-electron chi connectivity index (χ2n) is 4.78. The van der Waals surface area contributed by atoms with Crippen LogP contribution in [-0.2, 0) is 19.1 Å². The van der Waals surface area contributed by atoms with E-state index in [4.69, 9.17) is 14.6 Å². The van der Waals surface area contributed by atoms with Crippen molar-refractivity contribution in [3.05, 3.63) is 0 Å². The molecule has 0 saturated carbocycles. The zero-order chi connectivity index (χ0) is 13.7. The number of hydrogen-bond acceptors (Lipinski definition) is 4. The summed E-state index contributed by atoms with van der Waals surface area (Å²) < 4.78 is 11.1. The summed E-state index contributed by atoms with van der Waals surface area (Å²) >= 11 is 0. The molecule has 0 spiro atoms. The minimum atomic E-state index is -1.08. The van der Waals surface area contributed by atoms with Gasteiger partial charge in [0, 0.05) is 6.92 Å². The number of amides is 1. The molecule has 1 aliphatic rings. The molecule has 6 heteroatoms. The Morgan fingerprint density at radius 3 is 2.39 bits per heavy atom. The van der Waals surface area contributed by atoms with Crippen LogP contribution in [0.4, 0.5) is 0 Å². The second-order valence-corrected chi connectivity index (χ2v) is 4.78. The lowest BCUT2D eigenvalue weighted by Gasteiger charge is -2.32. The maximum absolute atomic E-state index is 10.9. The minimum Gasteiger partial charge on any atom is -0.480 e. The molecule has 0 bridgehead atoms. The van der Waals surface area contributed by atoms with Crippen molar-refractivity contribution in [2.45, 2.75) is 58.0 Å². The summed E-state index contributed by atoms with van der Waals surface area (Å²) in [6.07, 6.45) is 1.71. The maximum Gasteiger partial charge on any atom is 0.328 e. The molecule has 3 atom stereocenters.